The van der Waals surface area contributed by atoms with Gasteiger partial charge in [0.1, 0.15) is 5.82 Å². The molecule has 1 fully saturated rings. The first-order valence-electron chi connectivity index (χ1n) is 9.46. The van der Waals surface area contributed by atoms with E-state index in [0.717, 1.165) is 27.7 Å². The van der Waals surface area contributed by atoms with Crippen LogP contribution in [0.5, 0.6) is 0 Å². The molecule has 1 saturated heterocycles. The number of carbonyl (C=O) groups excluding carboxylic acids is 2. The van der Waals surface area contributed by atoms with Gasteiger partial charge in [-0.15, -0.1) is 0 Å². The average Bonchev–Trinajstić information content (AvgIpc) is 3.28. The molecule has 8 heteroatoms. The molecular weight excluding hydrogens is 368 g/mol. The fraction of sp³-hybridized carbons (Fsp3) is 0.238. The molecule has 2 amide bonds. The summed E-state index contributed by atoms with van der Waals surface area (Å²) in [6.45, 7) is 7.13. The van der Waals surface area contributed by atoms with Crippen LogP contribution in [0.3, 0.4) is 0 Å². The fourth-order valence-corrected chi connectivity index (χ4v) is 3.95. The van der Waals surface area contributed by atoms with Gasteiger partial charge in [-0.25, -0.2) is 4.98 Å². The van der Waals surface area contributed by atoms with Gasteiger partial charge in [-0.3, -0.25) is 14.7 Å². The lowest BCUT2D eigenvalue weighted by molar-refractivity contribution is -0.132. The summed E-state index contributed by atoms with van der Waals surface area (Å²) >= 11 is 0. The normalized spacial score (nSPS) is 16.1. The first kappa shape index (κ1) is 17.4. The van der Waals surface area contributed by atoms with E-state index < -0.39 is 0 Å². The molecular formula is C21H20N6O2. The zero-order valence-electron chi connectivity index (χ0n) is 16.0. The highest BCUT2D eigenvalue weighted by molar-refractivity contribution is 6.00. The van der Waals surface area contributed by atoms with Crippen molar-refractivity contribution in [2.45, 2.75) is 19.5 Å². The average molecular weight is 388 g/mol. The van der Waals surface area contributed by atoms with E-state index in [1.165, 1.54) is 6.08 Å². The minimum atomic E-state index is -0.0954. The van der Waals surface area contributed by atoms with Crippen LogP contribution in [0.4, 0.5) is 11.5 Å². The highest BCUT2D eigenvalue weighted by atomic mass is 16.2. The molecule has 8 nitrogen and oxygen atoms in total. The molecule has 0 atom stereocenters. The Bertz CT molecular complexity index is 1160. The third kappa shape index (κ3) is 2.75. The van der Waals surface area contributed by atoms with Crippen molar-refractivity contribution in [2.75, 3.05) is 18.4 Å². The van der Waals surface area contributed by atoms with Crippen LogP contribution in [-0.4, -0.2) is 55.9 Å². The summed E-state index contributed by atoms with van der Waals surface area (Å²) in [5.41, 5.74) is 4.42. The molecule has 5 rings (SSSR count). The van der Waals surface area contributed by atoms with Crippen LogP contribution >= 0.6 is 0 Å². The maximum atomic E-state index is 13.0. The second-order valence-electron chi connectivity index (χ2n) is 7.48. The summed E-state index contributed by atoms with van der Waals surface area (Å²) in [5.74, 6) is 0.501. The lowest BCUT2D eigenvalue weighted by Crippen LogP contribution is -2.60. The molecule has 3 aromatic rings. The van der Waals surface area contributed by atoms with Gasteiger partial charge in [0.15, 0.2) is 0 Å². The van der Waals surface area contributed by atoms with E-state index >= 15 is 0 Å². The van der Waals surface area contributed by atoms with E-state index in [9.17, 15) is 9.59 Å². The van der Waals surface area contributed by atoms with Gasteiger partial charge >= 0.3 is 0 Å². The van der Waals surface area contributed by atoms with Gasteiger partial charge in [0, 0.05) is 42.3 Å². The summed E-state index contributed by atoms with van der Waals surface area (Å²) < 4.78 is 0. The molecule has 0 aliphatic carbocycles. The maximum absolute atomic E-state index is 13.0. The lowest BCUT2D eigenvalue weighted by Gasteiger charge is -2.43. The van der Waals surface area contributed by atoms with Crippen molar-refractivity contribution in [3.8, 4) is 0 Å². The molecule has 0 unspecified atom stereocenters. The van der Waals surface area contributed by atoms with Crippen molar-refractivity contribution < 1.29 is 9.59 Å². The molecule has 0 spiro atoms. The molecule has 0 bridgehead atoms. The van der Waals surface area contributed by atoms with Crippen LogP contribution in [-0.2, 0) is 11.3 Å². The fourth-order valence-electron chi connectivity index (χ4n) is 3.95. The van der Waals surface area contributed by atoms with Crippen LogP contribution in [0.15, 0.2) is 43.2 Å². The van der Waals surface area contributed by atoms with Crippen molar-refractivity contribution in [2.24, 2.45) is 0 Å². The van der Waals surface area contributed by atoms with E-state index in [1.54, 1.807) is 23.4 Å². The van der Waals surface area contributed by atoms with E-state index in [0.29, 0.717) is 31.0 Å². The third-order valence-electron chi connectivity index (χ3n) is 5.69. The quantitative estimate of drug-likeness (QED) is 0.669. The number of aryl methyl sites for hydroxylation is 1. The topological polar surface area (TPSA) is 94.2 Å². The highest BCUT2D eigenvalue weighted by Crippen LogP contribution is 2.32. The zero-order valence-corrected chi connectivity index (χ0v) is 16.0. The second-order valence-corrected chi connectivity index (χ2v) is 7.48. The Morgan fingerprint density at radius 1 is 1.34 bits per heavy atom. The second kappa shape index (κ2) is 6.44. The van der Waals surface area contributed by atoms with Crippen molar-refractivity contribution in [1.82, 2.24) is 25.0 Å². The van der Waals surface area contributed by atoms with Gasteiger partial charge in [0.25, 0.3) is 5.91 Å². The Hall–Kier alpha value is -3.68. The summed E-state index contributed by atoms with van der Waals surface area (Å²) in [6.07, 6.45) is 4.83. The zero-order chi connectivity index (χ0) is 20.1. The third-order valence-corrected chi connectivity index (χ3v) is 5.69. The van der Waals surface area contributed by atoms with Gasteiger partial charge in [0.05, 0.1) is 23.4 Å². The predicted molar refractivity (Wildman–Crippen MR) is 109 cm³/mol. The Morgan fingerprint density at radius 2 is 2.17 bits per heavy atom. The molecule has 0 radical (unpaired) electrons. The number of hydrogen-bond acceptors (Lipinski definition) is 5. The van der Waals surface area contributed by atoms with Crippen molar-refractivity contribution in [3.63, 3.8) is 0 Å². The number of H-pyrrole nitrogens is 1. The van der Waals surface area contributed by atoms with Crippen LogP contribution in [0.2, 0.25) is 0 Å². The Labute approximate surface area is 167 Å². The molecule has 2 N–H and O–H groups in total. The van der Waals surface area contributed by atoms with E-state index in [2.05, 4.69) is 27.1 Å². The molecule has 4 heterocycles. The monoisotopic (exact) mass is 388 g/mol. The van der Waals surface area contributed by atoms with E-state index in [-0.39, 0.29) is 17.9 Å². The molecule has 0 saturated carbocycles. The predicted octanol–water partition coefficient (Wildman–Crippen LogP) is 2.36. The first-order valence-corrected chi connectivity index (χ1v) is 9.46. The van der Waals surface area contributed by atoms with E-state index in [4.69, 9.17) is 0 Å². The number of likely N-dealkylation sites (tertiary alicyclic amines) is 1. The Balaban J connectivity index is 1.37. The SMILES string of the molecule is C=CC(=O)N1CC(N2Cc3cnc(Nc4c(C)ccc5cn[nH]c45)cc3C2=O)C1. The summed E-state index contributed by atoms with van der Waals surface area (Å²) in [5, 5.41) is 11.5. The lowest BCUT2D eigenvalue weighted by atomic mass is 10.1. The minimum absolute atomic E-state index is 0.0161. The van der Waals surface area contributed by atoms with Gasteiger partial charge in [-0.2, -0.15) is 5.10 Å². The van der Waals surface area contributed by atoms with Gasteiger partial charge in [-0.05, 0) is 24.6 Å². The van der Waals surface area contributed by atoms with Crippen molar-refractivity contribution >= 4 is 34.2 Å². The number of pyridine rings is 1. The number of carbonyl (C=O) groups is 2. The first-order chi connectivity index (χ1) is 14.0. The number of nitrogens with one attached hydrogen (secondary N) is 2. The number of rotatable bonds is 4. The van der Waals surface area contributed by atoms with Gasteiger partial charge in [0.2, 0.25) is 5.91 Å². The number of benzene rings is 1. The molecule has 146 valence electrons. The summed E-state index contributed by atoms with van der Waals surface area (Å²) in [6, 6.07) is 5.87. The Morgan fingerprint density at radius 3 is 2.97 bits per heavy atom. The summed E-state index contributed by atoms with van der Waals surface area (Å²) in [4.78, 5) is 32.6. The number of aromatic amines is 1. The molecule has 29 heavy (non-hydrogen) atoms. The van der Waals surface area contributed by atoms with Gasteiger partial charge < -0.3 is 15.1 Å². The number of fused-ring (bicyclic) bond motifs is 2. The largest absolute Gasteiger partial charge is 0.338 e. The molecule has 2 aliphatic heterocycles. The van der Waals surface area contributed by atoms with Gasteiger partial charge in [-0.1, -0.05) is 18.7 Å². The van der Waals surface area contributed by atoms with Crippen molar-refractivity contribution in [1.29, 1.82) is 0 Å². The molecule has 2 aromatic heterocycles. The number of hydrogen-bond donors (Lipinski definition) is 2. The molecule has 2 aliphatic rings. The van der Waals surface area contributed by atoms with Crippen molar-refractivity contribution in [3.05, 3.63) is 59.9 Å². The van der Waals surface area contributed by atoms with Crippen LogP contribution in [0, 0.1) is 6.92 Å². The highest BCUT2D eigenvalue weighted by Gasteiger charge is 2.40. The Kier molecular flexibility index (Phi) is 3.87. The number of aromatic nitrogens is 3. The van der Waals surface area contributed by atoms with E-state index in [1.807, 2.05) is 24.0 Å². The van der Waals surface area contributed by atoms with Crippen LogP contribution in [0.25, 0.3) is 10.9 Å². The number of anilines is 2. The van der Waals surface area contributed by atoms with Crippen LogP contribution < -0.4 is 5.32 Å². The number of nitrogens with zero attached hydrogens (tertiary/aromatic N) is 4. The summed E-state index contributed by atoms with van der Waals surface area (Å²) in [7, 11) is 0. The maximum Gasteiger partial charge on any atom is 0.255 e. The minimum Gasteiger partial charge on any atom is -0.338 e. The van der Waals surface area contributed by atoms with Crippen LogP contribution in [0.1, 0.15) is 21.5 Å². The number of amides is 2. The standard InChI is InChI=1S/C21H20N6O2/c1-3-18(28)26-10-15(11-26)27-9-14-7-22-17(6-16(14)21(27)29)24-19-12(2)4-5-13-8-23-25-20(13)19/h3-8,15H,1,9-11H2,2H3,(H,22,24)(H,23,25). The smallest absolute Gasteiger partial charge is 0.255 e. The molecule has 1 aromatic carbocycles.